The number of aromatic nitrogens is 1. The standard InChI is InChI=1S/C16H19FNO2P/c1-3-19-21(20-4-2)12-16-9-8-14(11-18-16)13-6-5-7-15(17)10-13/h5-11H,3-4,12H2,1-2H3. The number of hydrogen-bond acceptors (Lipinski definition) is 3. The van der Waals surface area contributed by atoms with E-state index in [1.165, 1.54) is 12.1 Å². The van der Waals surface area contributed by atoms with E-state index in [1.807, 2.05) is 32.0 Å². The monoisotopic (exact) mass is 307 g/mol. The van der Waals surface area contributed by atoms with Gasteiger partial charge < -0.3 is 9.05 Å². The van der Waals surface area contributed by atoms with Crippen molar-refractivity contribution in [1.29, 1.82) is 0 Å². The largest absolute Gasteiger partial charge is 0.334 e. The maximum Gasteiger partial charge on any atom is 0.176 e. The number of hydrogen-bond donors (Lipinski definition) is 0. The van der Waals surface area contributed by atoms with Crippen molar-refractivity contribution in [2.24, 2.45) is 0 Å². The van der Waals surface area contributed by atoms with Crippen LogP contribution in [-0.2, 0) is 15.2 Å². The third-order valence-corrected chi connectivity index (χ3v) is 4.49. The molecule has 5 heteroatoms. The Labute approximate surface area is 126 Å². The molecule has 1 aromatic carbocycles. The molecule has 0 N–H and O–H groups in total. The first kappa shape index (κ1) is 16.0. The quantitative estimate of drug-likeness (QED) is 0.690. The van der Waals surface area contributed by atoms with Gasteiger partial charge in [0.25, 0.3) is 0 Å². The van der Waals surface area contributed by atoms with E-state index in [4.69, 9.17) is 9.05 Å². The fourth-order valence-electron chi connectivity index (χ4n) is 1.91. The van der Waals surface area contributed by atoms with Crippen LogP contribution in [0.3, 0.4) is 0 Å². The van der Waals surface area contributed by atoms with E-state index in [1.54, 1.807) is 12.3 Å². The highest BCUT2D eigenvalue weighted by molar-refractivity contribution is 7.46. The van der Waals surface area contributed by atoms with Crippen molar-refractivity contribution in [3.8, 4) is 11.1 Å². The Morgan fingerprint density at radius 1 is 1.05 bits per heavy atom. The minimum atomic E-state index is -0.929. The van der Waals surface area contributed by atoms with Gasteiger partial charge in [0.05, 0.1) is 19.4 Å². The third-order valence-electron chi connectivity index (χ3n) is 2.82. The maximum absolute atomic E-state index is 13.2. The van der Waals surface area contributed by atoms with E-state index >= 15 is 0 Å². The minimum Gasteiger partial charge on any atom is -0.334 e. The fraction of sp³-hybridized carbons (Fsp3) is 0.312. The molecule has 0 atom stereocenters. The lowest BCUT2D eigenvalue weighted by atomic mass is 10.1. The first-order chi connectivity index (χ1) is 10.2. The zero-order valence-corrected chi connectivity index (χ0v) is 13.1. The molecule has 0 saturated heterocycles. The average Bonchev–Trinajstić information content (AvgIpc) is 2.48. The van der Waals surface area contributed by atoms with Crippen LogP contribution in [0.4, 0.5) is 4.39 Å². The summed E-state index contributed by atoms with van der Waals surface area (Å²) in [5.41, 5.74) is 2.64. The van der Waals surface area contributed by atoms with Crippen molar-refractivity contribution in [3.05, 3.63) is 54.1 Å². The summed E-state index contributed by atoms with van der Waals surface area (Å²) >= 11 is 0. The van der Waals surface area contributed by atoms with E-state index < -0.39 is 8.38 Å². The van der Waals surface area contributed by atoms with Gasteiger partial charge in [0.2, 0.25) is 0 Å². The van der Waals surface area contributed by atoms with Crippen LogP contribution < -0.4 is 0 Å². The molecule has 0 aliphatic rings. The molecule has 3 nitrogen and oxygen atoms in total. The summed E-state index contributed by atoms with van der Waals surface area (Å²) in [7, 11) is -0.929. The van der Waals surface area contributed by atoms with Crippen LogP contribution in [-0.4, -0.2) is 18.2 Å². The number of nitrogens with zero attached hydrogens (tertiary/aromatic N) is 1. The van der Waals surface area contributed by atoms with Gasteiger partial charge in [-0.05, 0) is 37.6 Å². The molecule has 2 aromatic rings. The second kappa shape index (κ2) is 8.18. The van der Waals surface area contributed by atoms with E-state index in [9.17, 15) is 4.39 Å². The first-order valence-electron chi connectivity index (χ1n) is 6.97. The van der Waals surface area contributed by atoms with Gasteiger partial charge in [-0.1, -0.05) is 18.2 Å². The summed E-state index contributed by atoms with van der Waals surface area (Å²) < 4.78 is 24.4. The molecule has 0 fully saturated rings. The van der Waals surface area contributed by atoms with Crippen LogP contribution in [0, 0.1) is 5.82 Å². The van der Waals surface area contributed by atoms with Crippen LogP contribution in [0.15, 0.2) is 42.6 Å². The highest BCUT2D eigenvalue weighted by atomic mass is 31.2. The molecular formula is C16H19FNO2P. The minimum absolute atomic E-state index is 0.243. The molecule has 1 heterocycles. The molecular weight excluding hydrogens is 288 g/mol. The first-order valence-corrected chi connectivity index (χ1v) is 8.33. The smallest absolute Gasteiger partial charge is 0.176 e. The number of pyridine rings is 1. The molecule has 0 radical (unpaired) electrons. The van der Waals surface area contributed by atoms with Gasteiger partial charge in [-0.15, -0.1) is 0 Å². The summed E-state index contributed by atoms with van der Waals surface area (Å²) in [6, 6.07) is 10.4. The lowest BCUT2D eigenvalue weighted by molar-refractivity contribution is 0.268. The lowest BCUT2D eigenvalue weighted by Crippen LogP contribution is -1.96. The molecule has 0 unspecified atom stereocenters. The third kappa shape index (κ3) is 4.85. The predicted molar refractivity (Wildman–Crippen MR) is 83.5 cm³/mol. The number of benzene rings is 1. The molecule has 21 heavy (non-hydrogen) atoms. The van der Waals surface area contributed by atoms with Gasteiger partial charge in [-0.2, -0.15) is 0 Å². The van der Waals surface area contributed by atoms with E-state index in [2.05, 4.69) is 4.98 Å². The van der Waals surface area contributed by atoms with Gasteiger partial charge in [0, 0.05) is 17.5 Å². The normalized spacial score (nSPS) is 11.0. The molecule has 2 rings (SSSR count). The summed E-state index contributed by atoms with van der Waals surface area (Å²) in [5, 5.41) is 0. The molecule has 0 aliphatic carbocycles. The Balaban J connectivity index is 2.07. The second-order valence-corrected chi connectivity index (χ2v) is 5.87. The van der Waals surface area contributed by atoms with Crippen molar-refractivity contribution >= 4 is 8.38 Å². The Kier molecular flexibility index (Phi) is 6.24. The Morgan fingerprint density at radius 3 is 2.38 bits per heavy atom. The predicted octanol–water partition coefficient (Wildman–Crippen LogP) is 4.77. The maximum atomic E-state index is 13.2. The van der Waals surface area contributed by atoms with Crippen molar-refractivity contribution in [2.45, 2.75) is 20.0 Å². The number of halogens is 1. The van der Waals surface area contributed by atoms with Crippen molar-refractivity contribution in [2.75, 3.05) is 13.2 Å². The zero-order valence-electron chi connectivity index (χ0n) is 12.3. The fourth-order valence-corrected chi connectivity index (χ4v) is 3.19. The van der Waals surface area contributed by atoms with Gasteiger partial charge in [-0.3, -0.25) is 4.98 Å². The number of rotatable bonds is 7. The molecule has 0 spiro atoms. The van der Waals surface area contributed by atoms with E-state index in [0.29, 0.717) is 19.4 Å². The summed E-state index contributed by atoms with van der Waals surface area (Å²) in [5.74, 6) is -0.243. The zero-order chi connectivity index (χ0) is 15.1. The Bertz CT molecular complexity index is 556. The highest BCUT2D eigenvalue weighted by Gasteiger charge is 2.11. The molecule has 0 saturated carbocycles. The van der Waals surface area contributed by atoms with Crippen molar-refractivity contribution in [1.82, 2.24) is 4.98 Å². The summed E-state index contributed by atoms with van der Waals surface area (Å²) in [4.78, 5) is 4.42. The van der Waals surface area contributed by atoms with Crippen LogP contribution in [0.5, 0.6) is 0 Å². The SMILES string of the molecule is CCOP(Cc1ccc(-c2cccc(F)c2)cn1)OCC. The molecule has 0 bridgehead atoms. The van der Waals surface area contributed by atoms with Gasteiger partial charge in [0.1, 0.15) is 5.82 Å². The topological polar surface area (TPSA) is 31.4 Å². The molecule has 0 aliphatic heterocycles. The van der Waals surface area contributed by atoms with Gasteiger partial charge in [0.15, 0.2) is 8.38 Å². The van der Waals surface area contributed by atoms with Crippen LogP contribution in [0.25, 0.3) is 11.1 Å². The van der Waals surface area contributed by atoms with Crippen molar-refractivity contribution < 1.29 is 13.4 Å². The van der Waals surface area contributed by atoms with Crippen LogP contribution >= 0.6 is 8.38 Å². The second-order valence-electron chi connectivity index (χ2n) is 4.37. The van der Waals surface area contributed by atoms with E-state index in [-0.39, 0.29) is 5.82 Å². The Morgan fingerprint density at radius 2 is 1.81 bits per heavy atom. The Hall–Kier alpha value is -1.35. The summed E-state index contributed by atoms with van der Waals surface area (Å²) in [6.45, 7) is 5.17. The van der Waals surface area contributed by atoms with E-state index in [0.717, 1.165) is 16.8 Å². The molecule has 1 aromatic heterocycles. The highest BCUT2D eigenvalue weighted by Crippen LogP contribution is 2.41. The van der Waals surface area contributed by atoms with Crippen LogP contribution in [0.1, 0.15) is 19.5 Å². The van der Waals surface area contributed by atoms with Crippen molar-refractivity contribution in [3.63, 3.8) is 0 Å². The molecule has 0 amide bonds. The van der Waals surface area contributed by atoms with Gasteiger partial charge >= 0.3 is 0 Å². The lowest BCUT2D eigenvalue weighted by Gasteiger charge is -2.15. The van der Waals surface area contributed by atoms with Gasteiger partial charge in [-0.25, -0.2) is 4.39 Å². The molecule has 112 valence electrons. The van der Waals surface area contributed by atoms with Crippen LogP contribution in [0.2, 0.25) is 0 Å². The average molecular weight is 307 g/mol. The summed E-state index contributed by atoms with van der Waals surface area (Å²) in [6.07, 6.45) is 2.43.